The third-order valence-corrected chi connectivity index (χ3v) is 4.40. The Morgan fingerprint density at radius 1 is 0.923 bits per heavy atom. The van der Waals surface area contributed by atoms with E-state index in [0.717, 1.165) is 0 Å². The highest BCUT2D eigenvalue weighted by Crippen LogP contribution is 2.36. The maximum Gasteiger partial charge on any atom is 0.271 e. The molecular formula is C20H15N3O3. The van der Waals surface area contributed by atoms with Gasteiger partial charge in [-0.15, -0.1) is 0 Å². The minimum atomic E-state index is -1.50. The standard InChI is InChI=1S/C20H15N3O3/c24-20(14-7-3-1-4-8-14,15-9-5-2-6-10-15)19-21-17-12-11-16(23(25)26)13-18(17)22-19/h1-13,24H,(H,21,22). The largest absolute Gasteiger partial charge is 0.373 e. The predicted molar refractivity (Wildman–Crippen MR) is 97.7 cm³/mol. The topological polar surface area (TPSA) is 92.1 Å². The van der Waals surface area contributed by atoms with Gasteiger partial charge in [0.1, 0.15) is 5.82 Å². The molecule has 0 unspecified atom stereocenters. The van der Waals surface area contributed by atoms with Crippen molar-refractivity contribution in [2.45, 2.75) is 5.60 Å². The van der Waals surface area contributed by atoms with Gasteiger partial charge >= 0.3 is 0 Å². The fourth-order valence-electron chi connectivity index (χ4n) is 3.08. The van der Waals surface area contributed by atoms with Crippen LogP contribution in [0.4, 0.5) is 5.69 Å². The molecular weight excluding hydrogens is 330 g/mol. The second kappa shape index (κ2) is 6.09. The molecule has 0 aliphatic heterocycles. The molecule has 4 rings (SSSR count). The summed E-state index contributed by atoms with van der Waals surface area (Å²) in [5.74, 6) is 0.311. The molecule has 26 heavy (non-hydrogen) atoms. The van der Waals surface area contributed by atoms with Gasteiger partial charge in [0.15, 0.2) is 5.60 Å². The minimum Gasteiger partial charge on any atom is -0.373 e. The van der Waals surface area contributed by atoms with Crippen molar-refractivity contribution in [1.29, 1.82) is 0 Å². The molecule has 0 radical (unpaired) electrons. The summed E-state index contributed by atoms with van der Waals surface area (Å²) in [7, 11) is 0. The Bertz CT molecular complexity index is 1040. The Labute approximate surface area is 148 Å². The monoisotopic (exact) mass is 345 g/mol. The lowest BCUT2D eigenvalue weighted by Gasteiger charge is -2.27. The first kappa shape index (κ1) is 16.0. The molecule has 6 heteroatoms. The van der Waals surface area contributed by atoms with Crippen LogP contribution in [0.15, 0.2) is 78.9 Å². The van der Waals surface area contributed by atoms with Crippen molar-refractivity contribution in [3.63, 3.8) is 0 Å². The van der Waals surface area contributed by atoms with Crippen molar-refractivity contribution in [1.82, 2.24) is 9.97 Å². The van der Waals surface area contributed by atoms with Gasteiger partial charge in [0.2, 0.25) is 0 Å². The number of rotatable bonds is 4. The number of hydrogen-bond acceptors (Lipinski definition) is 4. The molecule has 3 aromatic carbocycles. The smallest absolute Gasteiger partial charge is 0.271 e. The number of nitro groups is 1. The van der Waals surface area contributed by atoms with E-state index in [0.29, 0.717) is 28.0 Å². The van der Waals surface area contributed by atoms with Crippen molar-refractivity contribution in [3.05, 3.63) is 106 Å². The lowest BCUT2D eigenvalue weighted by atomic mass is 9.85. The number of H-pyrrole nitrogens is 1. The van der Waals surface area contributed by atoms with Gasteiger partial charge in [-0.25, -0.2) is 4.98 Å². The number of nitrogens with zero attached hydrogens (tertiary/aromatic N) is 2. The average Bonchev–Trinajstić information content (AvgIpc) is 3.12. The van der Waals surface area contributed by atoms with E-state index in [9.17, 15) is 15.2 Å². The summed E-state index contributed by atoms with van der Waals surface area (Å²) in [5, 5.41) is 22.7. The molecule has 0 saturated carbocycles. The SMILES string of the molecule is O=[N+]([O-])c1ccc2nc(C(O)(c3ccccc3)c3ccccc3)[nH]c2c1. The average molecular weight is 345 g/mol. The second-order valence-electron chi connectivity index (χ2n) is 5.99. The second-order valence-corrected chi connectivity index (χ2v) is 5.99. The van der Waals surface area contributed by atoms with Crippen LogP contribution in [-0.4, -0.2) is 20.0 Å². The highest BCUT2D eigenvalue weighted by atomic mass is 16.6. The number of aromatic nitrogens is 2. The van der Waals surface area contributed by atoms with Gasteiger partial charge in [-0.2, -0.15) is 0 Å². The Kier molecular flexibility index (Phi) is 3.74. The van der Waals surface area contributed by atoms with Crippen LogP contribution < -0.4 is 0 Å². The van der Waals surface area contributed by atoms with Crippen molar-refractivity contribution in [2.75, 3.05) is 0 Å². The van der Waals surface area contributed by atoms with Crippen molar-refractivity contribution >= 4 is 16.7 Å². The lowest BCUT2D eigenvalue weighted by molar-refractivity contribution is -0.384. The zero-order valence-electron chi connectivity index (χ0n) is 13.7. The summed E-state index contributed by atoms with van der Waals surface area (Å²) in [6.07, 6.45) is 0. The van der Waals surface area contributed by atoms with Crippen LogP contribution in [0.5, 0.6) is 0 Å². The summed E-state index contributed by atoms with van der Waals surface area (Å²) >= 11 is 0. The molecule has 4 aromatic rings. The van der Waals surface area contributed by atoms with E-state index in [1.54, 1.807) is 6.07 Å². The first-order chi connectivity index (χ1) is 12.6. The Hall–Kier alpha value is -3.51. The molecule has 0 amide bonds. The summed E-state index contributed by atoms with van der Waals surface area (Å²) in [6, 6.07) is 22.8. The Morgan fingerprint density at radius 3 is 2.04 bits per heavy atom. The van der Waals surface area contributed by atoms with Crippen LogP contribution in [-0.2, 0) is 5.60 Å². The molecule has 2 N–H and O–H groups in total. The minimum absolute atomic E-state index is 0.0318. The van der Waals surface area contributed by atoms with Crippen LogP contribution in [0, 0.1) is 10.1 Å². The molecule has 0 saturated heterocycles. The molecule has 1 heterocycles. The molecule has 0 aliphatic carbocycles. The number of non-ortho nitro benzene ring substituents is 1. The quantitative estimate of drug-likeness (QED) is 0.435. The predicted octanol–water partition coefficient (Wildman–Crippen LogP) is 3.76. The molecule has 1 aromatic heterocycles. The number of hydrogen-bond donors (Lipinski definition) is 2. The van der Waals surface area contributed by atoms with Gasteiger partial charge in [-0.3, -0.25) is 10.1 Å². The first-order valence-corrected chi connectivity index (χ1v) is 8.07. The fraction of sp³-hybridized carbons (Fsp3) is 0.0500. The zero-order valence-corrected chi connectivity index (χ0v) is 13.7. The first-order valence-electron chi connectivity index (χ1n) is 8.07. The van der Waals surface area contributed by atoms with E-state index in [2.05, 4.69) is 9.97 Å². The zero-order chi connectivity index (χ0) is 18.1. The van der Waals surface area contributed by atoms with E-state index in [-0.39, 0.29) is 5.69 Å². The number of benzene rings is 3. The van der Waals surface area contributed by atoms with Crippen LogP contribution in [0.1, 0.15) is 17.0 Å². The molecule has 0 fully saturated rings. The number of nitrogens with one attached hydrogen (secondary N) is 1. The number of fused-ring (bicyclic) bond motifs is 1. The molecule has 0 atom stereocenters. The van der Waals surface area contributed by atoms with Crippen molar-refractivity contribution in [2.24, 2.45) is 0 Å². The Morgan fingerprint density at radius 2 is 1.50 bits per heavy atom. The molecule has 0 spiro atoms. The van der Waals surface area contributed by atoms with Crippen LogP contribution in [0.25, 0.3) is 11.0 Å². The van der Waals surface area contributed by atoms with Crippen LogP contribution >= 0.6 is 0 Å². The van der Waals surface area contributed by atoms with E-state index in [4.69, 9.17) is 0 Å². The van der Waals surface area contributed by atoms with E-state index >= 15 is 0 Å². The maximum absolute atomic E-state index is 11.7. The number of nitro benzene ring substituents is 1. The lowest BCUT2D eigenvalue weighted by Crippen LogP contribution is -2.30. The molecule has 0 bridgehead atoms. The number of aliphatic hydroxyl groups is 1. The van der Waals surface area contributed by atoms with Crippen LogP contribution in [0.2, 0.25) is 0 Å². The summed E-state index contributed by atoms with van der Waals surface area (Å²) in [5.41, 5.74) is 0.821. The third-order valence-electron chi connectivity index (χ3n) is 4.40. The Balaban J connectivity index is 1.95. The van der Waals surface area contributed by atoms with Gasteiger partial charge in [-0.05, 0) is 17.2 Å². The summed E-state index contributed by atoms with van der Waals surface area (Å²) in [4.78, 5) is 18.1. The van der Waals surface area contributed by atoms with Crippen molar-refractivity contribution < 1.29 is 10.0 Å². The van der Waals surface area contributed by atoms with E-state index in [1.807, 2.05) is 60.7 Å². The highest BCUT2D eigenvalue weighted by Gasteiger charge is 2.37. The highest BCUT2D eigenvalue weighted by molar-refractivity contribution is 5.78. The van der Waals surface area contributed by atoms with Gasteiger partial charge in [0.05, 0.1) is 16.0 Å². The fourth-order valence-corrected chi connectivity index (χ4v) is 3.08. The van der Waals surface area contributed by atoms with Gasteiger partial charge in [0, 0.05) is 12.1 Å². The summed E-state index contributed by atoms with van der Waals surface area (Å²) < 4.78 is 0. The van der Waals surface area contributed by atoms with Gasteiger partial charge in [-0.1, -0.05) is 60.7 Å². The van der Waals surface area contributed by atoms with Gasteiger partial charge in [0.25, 0.3) is 5.69 Å². The maximum atomic E-state index is 11.7. The van der Waals surface area contributed by atoms with Gasteiger partial charge < -0.3 is 10.1 Å². The normalized spacial score (nSPS) is 11.6. The molecule has 6 nitrogen and oxygen atoms in total. The number of imidazole rings is 1. The molecule has 0 aliphatic rings. The van der Waals surface area contributed by atoms with Crippen LogP contribution in [0.3, 0.4) is 0 Å². The van der Waals surface area contributed by atoms with E-state index in [1.165, 1.54) is 12.1 Å². The van der Waals surface area contributed by atoms with Crippen molar-refractivity contribution in [3.8, 4) is 0 Å². The third kappa shape index (κ3) is 2.53. The number of aromatic amines is 1. The molecule has 128 valence electrons. The summed E-state index contributed by atoms with van der Waals surface area (Å²) in [6.45, 7) is 0. The van der Waals surface area contributed by atoms with E-state index < -0.39 is 10.5 Å².